The largest absolute Gasteiger partial charge is 0.345 e. The maximum atomic E-state index is 12.0. The number of rotatable bonds is 3. The SMILES string of the molecule is Cc1ccc(CC(C)n2c(C)cc3c2CCCC3=O)s1. The van der Waals surface area contributed by atoms with Gasteiger partial charge in [0.1, 0.15) is 0 Å². The van der Waals surface area contributed by atoms with Gasteiger partial charge in [-0.1, -0.05) is 0 Å². The molecule has 3 rings (SSSR count). The van der Waals surface area contributed by atoms with Crippen molar-refractivity contribution >= 4 is 17.1 Å². The highest BCUT2D eigenvalue weighted by Gasteiger charge is 2.24. The van der Waals surface area contributed by atoms with Crippen LogP contribution in [-0.2, 0) is 12.8 Å². The normalized spacial score (nSPS) is 16.2. The number of aromatic nitrogens is 1. The topological polar surface area (TPSA) is 22.0 Å². The van der Waals surface area contributed by atoms with E-state index in [1.165, 1.54) is 21.1 Å². The van der Waals surface area contributed by atoms with E-state index in [1.54, 1.807) is 0 Å². The van der Waals surface area contributed by atoms with Crippen LogP contribution in [0.4, 0.5) is 0 Å². The van der Waals surface area contributed by atoms with Crippen LogP contribution in [0.15, 0.2) is 18.2 Å². The number of fused-ring (bicyclic) bond motifs is 1. The van der Waals surface area contributed by atoms with E-state index in [1.807, 2.05) is 11.3 Å². The molecule has 106 valence electrons. The summed E-state index contributed by atoms with van der Waals surface area (Å²) >= 11 is 1.88. The Kier molecular flexibility index (Phi) is 3.55. The lowest BCUT2D eigenvalue weighted by atomic mass is 9.96. The molecule has 1 aliphatic rings. The van der Waals surface area contributed by atoms with Crippen molar-refractivity contribution in [3.63, 3.8) is 0 Å². The third-order valence-electron chi connectivity index (χ3n) is 4.19. The van der Waals surface area contributed by atoms with Crippen molar-refractivity contribution in [2.45, 2.75) is 52.5 Å². The zero-order valence-corrected chi connectivity index (χ0v) is 13.2. The zero-order chi connectivity index (χ0) is 14.3. The van der Waals surface area contributed by atoms with E-state index in [0.717, 1.165) is 31.2 Å². The van der Waals surface area contributed by atoms with E-state index >= 15 is 0 Å². The third-order valence-corrected chi connectivity index (χ3v) is 5.21. The molecule has 0 fully saturated rings. The molecule has 0 bridgehead atoms. The molecule has 2 aromatic heterocycles. The van der Waals surface area contributed by atoms with Gasteiger partial charge in [-0.05, 0) is 51.8 Å². The van der Waals surface area contributed by atoms with E-state index in [2.05, 4.69) is 43.5 Å². The molecule has 0 radical (unpaired) electrons. The van der Waals surface area contributed by atoms with Gasteiger partial charge in [0.15, 0.2) is 5.78 Å². The average Bonchev–Trinajstić information content (AvgIpc) is 2.93. The van der Waals surface area contributed by atoms with Crippen LogP contribution in [0.5, 0.6) is 0 Å². The Morgan fingerprint density at radius 3 is 2.80 bits per heavy atom. The molecule has 1 unspecified atom stereocenters. The minimum absolute atomic E-state index is 0.326. The van der Waals surface area contributed by atoms with Crippen LogP contribution in [0, 0.1) is 13.8 Å². The fraction of sp³-hybridized carbons (Fsp3) is 0.471. The molecule has 0 aromatic carbocycles. The molecule has 0 aliphatic heterocycles. The number of hydrogen-bond acceptors (Lipinski definition) is 2. The highest BCUT2D eigenvalue weighted by Crippen LogP contribution is 2.30. The van der Waals surface area contributed by atoms with Crippen molar-refractivity contribution in [2.75, 3.05) is 0 Å². The van der Waals surface area contributed by atoms with Gasteiger partial charge in [-0.3, -0.25) is 4.79 Å². The van der Waals surface area contributed by atoms with Crippen LogP contribution < -0.4 is 0 Å². The second-order valence-electron chi connectivity index (χ2n) is 5.86. The molecular weight excluding hydrogens is 266 g/mol. The first-order chi connectivity index (χ1) is 9.56. The highest BCUT2D eigenvalue weighted by molar-refractivity contribution is 7.11. The number of thiophene rings is 1. The smallest absolute Gasteiger partial charge is 0.164 e. The summed E-state index contributed by atoms with van der Waals surface area (Å²) in [7, 11) is 0. The van der Waals surface area contributed by atoms with Crippen LogP contribution >= 0.6 is 11.3 Å². The fourth-order valence-corrected chi connectivity index (χ4v) is 4.35. The molecule has 0 saturated carbocycles. The van der Waals surface area contributed by atoms with E-state index in [0.29, 0.717) is 11.8 Å². The molecule has 3 heteroatoms. The summed E-state index contributed by atoms with van der Waals surface area (Å²) in [5.74, 6) is 0.326. The first-order valence-electron chi connectivity index (χ1n) is 7.35. The summed E-state index contributed by atoms with van der Waals surface area (Å²) < 4.78 is 2.39. The molecule has 0 N–H and O–H groups in total. The minimum atomic E-state index is 0.326. The maximum Gasteiger partial charge on any atom is 0.164 e. The summed E-state index contributed by atoms with van der Waals surface area (Å²) in [5, 5.41) is 0. The van der Waals surface area contributed by atoms with Crippen molar-refractivity contribution in [1.29, 1.82) is 0 Å². The second kappa shape index (κ2) is 5.21. The fourth-order valence-electron chi connectivity index (χ4n) is 3.34. The number of ketones is 1. The predicted molar refractivity (Wildman–Crippen MR) is 83.9 cm³/mol. The number of nitrogens with zero attached hydrogens (tertiary/aromatic N) is 1. The summed E-state index contributed by atoms with van der Waals surface area (Å²) in [6.45, 7) is 6.55. The van der Waals surface area contributed by atoms with E-state index < -0.39 is 0 Å². The van der Waals surface area contributed by atoms with Crippen molar-refractivity contribution in [3.8, 4) is 0 Å². The molecule has 0 amide bonds. The Morgan fingerprint density at radius 2 is 2.10 bits per heavy atom. The second-order valence-corrected chi connectivity index (χ2v) is 7.23. The van der Waals surface area contributed by atoms with Gasteiger partial charge in [-0.15, -0.1) is 11.3 Å². The highest BCUT2D eigenvalue weighted by atomic mass is 32.1. The standard InChI is InChI=1S/C17H21NOS/c1-11(9-14-8-7-13(3)20-14)18-12(2)10-15-16(18)5-4-6-17(15)19/h7-8,10-11H,4-6,9H2,1-3H3. The van der Waals surface area contributed by atoms with Crippen LogP contribution in [-0.4, -0.2) is 10.4 Å². The Labute approximate surface area is 124 Å². The maximum absolute atomic E-state index is 12.0. The first kappa shape index (κ1) is 13.6. The quantitative estimate of drug-likeness (QED) is 0.815. The number of hydrogen-bond donors (Lipinski definition) is 0. The molecule has 0 spiro atoms. The lowest BCUT2D eigenvalue weighted by Crippen LogP contribution is -2.17. The first-order valence-corrected chi connectivity index (χ1v) is 8.17. The molecule has 1 aliphatic carbocycles. The Bertz CT molecular complexity index is 650. The Hall–Kier alpha value is -1.35. The number of carbonyl (C=O) groups excluding carboxylic acids is 1. The van der Waals surface area contributed by atoms with Crippen molar-refractivity contribution in [2.24, 2.45) is 0 Å². The van der Waals surface area contributed by atoms with Gasteiger partial charge >= 0.3 is 0 Å². The van der Waals surface area contributed by atoms with Crippen LogP contribution in [0.1, 0.15) is 57.3 Å². The molecule has 2 aromatic rings. The lowest BCUT2D eigenvalue weighted by Gasteiger charge is -2.21. The number of carbonyl (C=O) groups is 1. The monoisotopic (exact) mass is 287 g/mol. The molecular formula is C17H21NOS. The molecule has 0 saturated heterocycles. The predicted octanol–water partition coefficient (Wildman–Crippen LogP) is 4.49. The third kappa shape index (κ3) is 2.35. The van der Waals surface area contributed by atoms with Gasteiger partial charge in [0.25, 0.3) is 0 Å². The van der Waals surface area contributed by atoms with Crippen LogP contribution in [0.2, 0.25) is 0 Å². The molecule has 1 atom stereocenters. The summed E-state index contributed by atoms with van der Waals surface area (Å²) in [6, 6.07) is 6.93. The zero-order valence-electron chi connectivity index (χ0n) is 12.4. The van der Waals surface area contributed by atoms with Crippen molar-refractivity contribution in [3.05, 3.63) is 44.9 Å². The Morgan fingerprint density at radius 1 is 1.30 bits per heavy atom. The summed E-state index contributed by atoms with van der Waals surface area (Å²) in [6.07, 6.45) is 3.81. The van der Waals surface area contributed by atoms with Gasteiger partial charge in [0.2, 0.25) is 0 Å². The minimum Gasteiger partial charge on any atom is -0.345 e. The molecule has 2 nitrogen and oxygen atoms in total. The van der Waals surface area contributed by atoms with E-state index in [4.69, 9.17) is 0 Å². The van der Waals surface area contributed by atoms with Gasteiger partial charge in [0, 0.05) is 45.6 Å². The van der Waals surface area contributed by atoms with E-state index in [-0.39, 0.29) is 0 Å². The summed E-state index contributed by atoms with van der Waals surface area (Å²) in [4.78, 5) is 14.8. The Balaban J connectivity index is 1.91. The number of aryl methyl sites for hydroxylation is 2. The average molecular weight is 287 g/mol. The van der Waals surface area contributed by atoms with Gasteiger partial charge < -0.3 is 4.57 Å². The van der Waals surface area contributed by atoms with E-state index in [9.17, 15) is 4.79 Å². The molecule has 2 heterocycles. The van der Waals surface area contributed by atoms with Crippen LogP contribution in [0.3, 0.4) is 0 Å². The van der Waals surface area contributed by atoms with Crippen molar-refractivity contribution in [1.82, 2.24) is 4.57 Å². The van der Waals surface area contributed by atoms with Crippen LogP contribution in [0.25, 0.3) is 0 Å². The van der Waals surface area contributed by atoms with Gasteiger partial charge in [0.05, 0.1) is 0 Å². The molecule has 20 heavy (non-hydrogen) atoms. The van der Waals surface area contributed by atoms with Gasteiger partial charge in [-0.2, -0.15) is 0 Å². The van der Waals surface area contributed by atoms with Crippen molar-refractivity contribution < 1.29 is 4.79 Å². The number of Topliss-reactive ketones (excluding diaryl/α,β-unsaturated/α-hetero) is 1. The summed E-state index contributed by atoms with van der Waals surface area (Å²) in [5.41, 5.74) is 3.47. The lowest BCUT2D eigenvalue weighted by molar-refractivity contribution is 0.0971. The van der Waals surface area contributed by atoms with Gasteiger partial charge in [-0.25, -0.2) is 0 Å².